The summed E-state index contributed by atoms with van der Waals surface area (Å²) in [6.45, 7) is 4.97. The SMILES string of the molecule is Cc1nn(C)c(C)c1CN[C@@H](CO)Cc1ccccc1. The van der Waals surface area contributed by atoms with Gasteiger partial charge >= 0.3 is 0 Å². The molecule has 0 spiro atoms. The second-order valence-electron chi connectivity index (χ2n) is 5.22. The quantitative estimate of drug-likeness (QED) is 0.843. The van der Waals surface area contributed by atoms with Crippen LogP contribution in [0.4, 0.5) is 0 Å². The first-order chi connectivity index (χ1) is 9.61. The van der Waals surface area contributed by atoms with Crippen LogP contribution in [0.2, 0.25) is 0 Å². The zero-order valence-corrected chi connectivity index (χ0v) is 12.4. The van der Waals surface area contributed by atoms with Crippen molar-refractivity contribution in [3.63, 3.8) is 0 Å². The van der Waals surface area contributed by atoms with E-state index in [1.165, 1.54) is 16.8 Å². The van der Waals surface area contributed by atoms with Crippen LogP contribution in [0.5, 0.6) is 0 Å². The molecule has 0 saturated heterocycles. The van der Waals surface area contributed by atoms with Crippen molar-refractivity contribution in [1.29, 1.82) is 0 Å². The number of nitrogens with one attached hydrogen (secondary N) is 1. The largest absolute Gasteiger partial charge is 0.395 e. The highest BCUT2D eigenvalue weighted by Gasteiger charge is 2.12. The number of rotatable bonds is 6. The first-order valence-electron chi connectivity index (χ1n) is 6.99. The molecule has 2 aromatic rings. The molecule has 4 nitrogen and oxygen atoms in total. The lowest BCUT2D eigenvalue weighted by Crippen LogP contribution is -2.34. The summed E-state index contributed by atoms with van der Waals surface area (Å²) in [7, 11) is 1.96. The fourth-order valence-corrected chi connectivity index (χ4v) is 2.42. The Hall–Kier alpha value is -1.65. The van der Waals surface area contributed by atoms with Crippen LogP contribution in [0.15, 0.2) is 30.3 Å². The Kier molecular flexibility index (Phi) is 4.93. The van der Waals surface area contributed by atoms with Gasteiger partial charge in [0.25, 0.3) is 0 Å². The molecule has 0 aliphatic rings. The number of aryl methyl sites for hydroxylation is 2. The molecule has 2 N–H and O–H groups in total. The third-order valence-electron chi connectivity index (χ3n) is 3.77. The zero-order valence-electron chi connectivity index (χ0n) is 12.4. The van der Waals surface area contributed by atoms with Crippen LogP contribution in [-0.4, -0.2) is 27.5 Å². The average molecular weight is 273 g/mol. The Morgan fingerprint density at radius 3 is 2.50 bits per heavy atom. The molecule has 108 valence electrons. The molecule has 1 heterocycles. The van der Waals surface area contributed by atoms with E-state index in [9.17, 15) is 5.11 Å². The highest BCUT2D eigenvalue weighted by molar-refractivity contribution is 5.24. The molecule has 0 fully saturated rings. The molecule has 1 aromatic heterocycles. The van der Waals surface area contributed by atoms with Gasteiger partial charge in [-0.2, -0.15) is 5.10 Å². The highest BCUT2D eigenvalue weighted by Crippen LogP contribution is 2.12. The van der Waals surface area contributed by atoms with E-state index in [-0.39, 0.29) is 12.6 Å². The molecule has 0 amide bonds. The second-order valence-corrected chi connectivity index (χ2v) is 5.22. The Morgan fingerprint density at radius 2 is 1.95 bits per heavy atom. The molecule has 0 bridgehead atoms. The van der Waals surface area contributed by atoms with E-state index in [2.05, 4.69) is 29.5 Å². The van der Waals surface area contributed by atoms with Crippen LogP contribution < -0.4 is 5.32 Å². The lowest BCUT2D eigenvalue weighted by Gasteiger charge is -2.16. The van der Waals surface area contributed by atoms with Crippen LogP contribution in [-0.2, 0) is 20.0 Å². The van der Waals surface area contributed by atoms with E-state index < -0.39 is 0 Å². The van der Waals surface area contributed by atoms with Crippen molar-refractivity contribution >= 4 is 0 Å². The van der Waals surface area contributed by atoms with Gasteiger partial charge in [-0.3, -0.25) is 4.68 Å². The highest BCUT2D eigenvalue weighted by atomic mass is 16.3. The Bertz CT molecular complexity index is 548. The predicted molar refractivity (Wildman–Crippen MR) is 80.5 cm³/mol. The van der Waals surface area contributed by atoms with Gasteiger partial charge in [-0.15, -0.1) is 0 Å². The maximum atomic E-state index is 9.53. The van der Waals surface area contributed by atoms with E-state index >= 15 is 0 Å². The minimum Gasteiger partial charge on any atom is -0.395 e. The summed E-state index contributed by atoms with van der Waals surface area (Å²) in [5, 5.41) is 17.4. The van der Waals surface area contributed by atoms with Gasteiger partial charge in [-0.1, -0.05) is 30.3 Å². The first kappa shape index (κ1) is 14.8. The number of hydrogen-bond donors (Lipinski definition) is 2. The molecule has 0 saturated carbocycles. The van der Waals surface area contributed by atoms with Crippen molar-refractivity contribution < 1.29 is 5.11 Å². The first-order valence-corrected chi connectivity index (χ1v) is 6.99. The molecule has 2 rings (SSSR count). The van der Waals surface area contributed by atoms with Crippen molar-refractivity contribution in [1.82, 2.24) is 15.1 Å². The van der Waals surface area contributed by atoms with Crippen LogP contribution >= 0.6 is 0 Å². The molecular formula is C16H23N3O. The van der Waals surface area contributed by atoms with Crippen LogP contribution in [0.1, 0.15) is 22.5 Å². The Morgan fingerprint density at radius 1 is 1.25 bits per heavy atom. The number of aliphatic hydroxyl groups excluding tert-OH is 1. The maximum Gasteiger partial charge on any atom is 0.0641 e. The number of benzene rings is 1. The van der Waals surface area contributed by atoms with Crippen molar-refractivity contribution in [2.75, 3.05) is 6.61 Å². The van der Waals surface area contributed by atoms with E-state index in [1.54, 1.807) is 0 Å². The van der Waals surface area contributed by atoms with E-state index in [0.29, 0.717) is 0 Å². The summed E-state index contributed by atoms with van der Waals surface area (Å²) in [6, 6.07) is 10.3. The molecule has 4 heteroatoms. The summed E-state index contributed by atoms with van der Waals surface area (Å²) in [6.07, 6.45) is 0.829. The molecule has 1 atom stereocenters. The Balaban J connectivity index is 1.97. The number of aliphatic hydroxyl groups is 1. The molecular weight excluding hydrogens is 250 g/mol. The number of hydrogen-bond acceptors (Lipinski definition) is 3. The van der Waals surface area contributed by atoms with Crippen molar-refractivity contribution in [2.45, 2.75) is 32.9 Å². The summed E-state index contributed by atoms with van der Waals surface area (Å²) in [5.74, 6) is 0. The van der Waals surface area contributed by atoms with Crippen LogP contribution in [0.3, 0.4) is 0 Å². The molecule has 0 aliphatic heterocycles. The standard InChI is InChI=1S/C16H23N3O/c1-12-16(13(2)19(3)18-12)10-17-15(11-20)9-14-7-5-4-6-8-14/h4-8,15,17,20H,9-11H2,1-3H3/t15-/m1/s1. The van der Waals surface area contributed by atoms with E-state index in [0.717, 1.165) is 18.7 Å². The average Bonchev–Trinajstić information content (AvgIpc) is 2.70. The summed E-state index contributed by atoms with van der Waals surface area (Å²) in [5.41, 5.74) is 4.68. The fraction of sp³-hybridized carbons (Fsp3) is 0.438. The van der Waals surface area contributed by atoms with Crippen molar-refractivity contribution in [3.8, 4) is 0 Å². The molecule has 1 aromatic carbocycles. The summed E-state index contributed by atoms with van der Waals surface area (Å²) >= 11 is 0. The van der Waals surface area contributed by atoms with E-state index in [1.807, 2.05) is 36.9 Å². The third kappa shape index (κ3) is 3.46. The van der Waals surface area contributed by atoms with Gasteiger partial charge < -0.3 is 10.4 Å². The van der Waals surface area contributed by atoms with Crippen molar-refractivity contribution in [3.05, 3.63) is 52.8 Å². The molecule has 0 unspecified atom stereocenters. The van der Waals surface area contributed by atoms with Gasteiger partial charge in [-0.25, -0.2) is 0 Å². The van der Waals surface area contributed by atoms with Gasteiger partial charge in [0.05, 0.1) is 12.3 Å². The summed E-state index contributed by atoms with van der Waals surface area (Å²) in [4.78, 5) is 0. The monoisotopic (exact) mass is 273 g/mol. The summed E-state index contributed by atoms with van der Waals surface area (Å²) < 4.78 is 1.90. The Labute approximate surface area is 120 Å². The number of aromatic nitrogens is 2. The zero-order chi connectivity index (χ0) is 14.5. The fourth-order valence-electron chi connectivity index (χ4n) is 2.42. The second kappa shape index (κ2) is 6.68. The lowest BCUT2D eigenvalue weighted by molar-refractivity contribution is 0.240. The normalized spacial score (nSPS) is 12.6. The molecule has 20 heavy (non-hydrogen) atoms. The maximum absolute atomic E-state index is 9.53. The smallest absolute Gasteiger partial charge is 0.0641 e. The van der Waals surface area contributed by atoms with Gasteiger partial charge in [0.15, 0.2) is 0 Å². The number of nitrogens with zero attached hydrogens (tertiary/aromatic N) is 2. The minimum atomic E-state index is 0.0661. The van der Waals surface area contributed by atoms with Crippen LogP contribution in [0, 0.1) is 13.8 Å². The predicted octanol–water partition coefficient (Wildman–Crippen LogP) is 1.73. The molecule has 0 aliphatic carbocycles. The van der Waals surface area contributed by atoms with Gasteiger partial charge in [0, 0.05) is 30.9 Å². The minimum absolute atomic E-state index is 0.0661. The lowest BCUT2D eigenvalue weighted by atomic mass is 10.1. The van der Waals surface area contributed by atoms with Crippen LogP contribution in [0.25, 0.3) is 0 Å². The van der Waals surface area contributed by atoms with E-state index in [4.69, 9.17) is 0 Å². The van der Waals surface area contributed by atoms with Gasteiger partial charge in [0.2, 0.25) is 0 Å². The van der Waals surface area contributed by atoms with Gasteiger partial charge in [-0.05, 0) is 25.8 Å². The van der Waals surface area contributed by atoms with Crippen molar-refractivity contribution in [2.24, 2.45) is 7.05 Å². The van der Waals surface area contributed by atoms with Gasteiger partial charge in [0.1, 0.15) is 0 Å². The topological polar surface area (TPSA) is 50.1 Å². The third-order valence-corrected chi connectivity index (χ3v) is 3.77. The molecule has 0 radical (unpaired) electrons.